The van der Waals surface area contributed by atoms with E-state index in [1.54, 1.807) is 0 Å². The van der Waals surface area contributed by atoms with Crippen LogP contribution in [0.2, 0.25) is 5.02 Å². The van der Waals surface area contributed by atoms with Crippen molar-refractivity contribution in [3.63, 3.8) is 0 Å². The zero-order valence-corrected chi connectivity index (χ0v) is 11.7. The molecule has 1 nitrogen and oxygen atoms in total. The second-order valence-corrected chi connectivity index (χ2v) is 5.90. The number of hydrogen-bond acceptors (Lipinski definition) is 0. The molecular weight excluding hydrogens is 242 g/mol. The first-order valence-corrected chi connectivity index (χ1v) is 7.42. The molecule has 1 aliphatic carbocycles. The fourth-order valence-corrected chi connectivity index (χ4v) is 3.59. The van der Waals surface area contributed by atoms with Crippen LogP contribution in [0.3, 0.4) is 0 Å². The van der Waals surface area contributed by atoms with Gasteiger partial charge in [-0.2, -0.15) is 0 Å². The van der Waals surface area contributed by atoms with E-state index in [0.29, 0.717) is 6.04 Å². The highest BCUT2D eigenvalue weighted by molar-refractivity contribution is 6.35. The predicted molar refractivity (Wildman–Crippen MR) is 78.2 cm³/mol. The molecule has 2 aromatic rings. The average Bonchev–Trinajstić information content (AvgIpc) is 2.84. The predicted octanol–water partition coefficient (Wildman–Crippen LogP) is 5.44. The number of nitrogens with zero attached hydrogens (tertiary/aromatic N) is 1. The summed E-state index contributed by atoms with van der Waals surface area (Å²) in [7, 11) is 0. The van der Waals surface area contributed by atoms with Crippen molar-refractivity contribution in [3.05, 3.63) is 35.5 Å². The van der Waals surface area contributed by atoms with Crippen LogP contribution in [0.4, 0.5) is 0 Å². The highest BCUT2D eigenvalue weighted by atomic mass is 35.5. The molecule has 0 spiro atoms. The average molecular weight is 262 g/mol. The van der Waals surface area contributed by atoms with Crippen LogP contribution in [0.1, 0.15) is 45.1 Å². The lowest BCUT2D eigenvalue weighted by molar-refractivity contribution is 0.265. The maximum atomic E-state index is 6.25. The highest BCUT2D eigenvalue weighted by Crippen LogP contribution is 2.37. The van der Waals surface area contributed by atoms with Gasteiger partial charge < -0.3 is 4.57 Å². The highest BCUT2D eigenvalue weighted by Gasteiger charge is 2.22. The van der Waals surface area contributed by atoms with Crippen molar-refractivity contribution in [1.29, 1.82) is 0 Å². The molecule has 1 heterocycles. The van der Waals surface area contributed by atoms with Gasteiger partial charge in [0.05, 0.1) is 0 Å². The van der Waals surface area contributed by atoms with Crippen LogP contribution in [-0.4, -0.2) is 4.57 Å². The number of hydrogen-bond donors (Lipinski definition) is 0. The van der Waals surface area contributed by atoms with Gasteiger partial charge in [0.2, 0.25) is 0 Å². The van der Waals surface area contributed by atoms with E-state index in [4.69, 9.17) is 11.6 Å². The lowest BCUT2D eigenvalue weighted by Gasteiger charge is -2.30. The summed E-state index contributed by atoms with van der Waals surface area (Å²) in [5.41, 5.74) is 1.30. The Morgan fingerprint density at radius 3 is 3.00 bits per heavy atom. The van der Waals surface area contributed by atoms with Gasteiger partial charge in [-0.3, -0.25) is 0 Å². The van der Waals surface area contributed by atoms with E-state index in [9.17, 15) is 0 Å². The summed E-state index contributed by atoms with van der Waals surface area (Å²) in [5, 5.41) is 2.06. The smallest absolute Gasteiger partial charge is 0.0499 e. The molecule has 3 rings (SSSR count). The van der Waals surface area contributed by atoms with Crippen molar-refractivity contribution in [1.82, 2.24) is 4.57 Å². The fourth-order valence-electron chi connectivity index (χ4n) is 3.36. The molecule has 0 bridgehead atoms. The molecule has 2 atom stereocenters. The summed E-state index contributed by atoms with van der Waals surface area (Å²) >= 11 is 6.25. The standard InChI is InChI=1S/C16H20ClN/c1-2-12-5-3-6-13(11-12)18-10-9-14-15(17)7-4-8-16(14)18/h4,7-10,12-13H,2-3,5-6,11H2,1H3. The van der Waals surface area contributed by atoms with Crippen molar-refractivity contribution in [2.45, 2.75) is 45.1 Å². The summed E-state index contributed by atoms with van der Waals surface area (Å²) < 4.78 is 2.45. The summed E-state index contributed by atoms with van der Waals surface area (Å²) in [6.07, 6.45) is 8.95. The third-order valence-corrected chi connectivity index (χ3v) is 4.77. The molecule has 1 saturated carbocycles. The number of aromatic nitrogens is 1. The van der Waals surface area contributed by atoms with Gasteiger partial charge in [0.1, 0.15) is 0 Å². The van der Waals surface area contributed by atoms with Gasteiger partial charge in [-0.1, -0.05) is 43.9 Å². The van der Waals surface area contributed by atoms with Crippen LogP contribution in [-0.2, 0) is 0 Å². The molecule has 0 aliphatic heterocycles. The molecule has 2 unspecified atom stereocenters. The zero-order chi connectivity index (χ0) is 12.5. The van der Waals surface area contributed by atoms with Crippen LogP contribution in [0.15, 0.2) is 30.5 Å². The van der Waals surface area contributed by atoms with Gasteiger partial charge in [-0.15, -0.1) is 0 Å². The Hall–Kier alpha value is -0.950. The van der Waals surface area contributed by atoms with Crippen molar-refractivity contribution in [2.24, 2.45) is 5.92 Å². The van der Waals surface area contributed by atoms with Gasteiger partial charge in [0.15, 0.2) is 0 Å². The van der Waals surface area contributed by atoms with E-state index in [1.807, 2.05) is 6.07 Å². The van der Waals surface area contributed by atoms with E-state index in [-0.39, 0.29) is 0 Å². The van der Waals surface area contributed by atoms with E-state index in [0.717, 1.165) is 10.9 Å². The van der Waals surface area contributed by atoms with E-state index in [1.165, 1.54) is 43.0 Å². The molecule has 1 aromatic heterocycles. The van der Waals surface area contributed by atoms with Gasteiger partial charge >= 0.3 is 0 Å². The third kappa shape index (κ3) is 2.05. The number of halogens is 1. The topological polar surface area (TPSA) is 4.93 Å². The molecule has 0 N–H and O–H groups in total. The second kappa shape index (κ2) is 4.97. The number of rotatable bonds is 2. The number of benzene rings is 1. The molecule has 1 aromatic carbocycles. The number of fused-ring (bicyclic) bond motifs is 1. The monoisotopic (exact) mass is 261 g/mol. The lowest BCUT2D eigenvalue weighted by atomic mass is 9.84. The molecule has 96 valence electrons. The second-order valence-electron chi connectivity index (χ2n) is 5.49. The molecular formula is C16H20ClN. The van der Waals surface area contributed by atoms with E-state index >= 15 is 0 Å². The Bertz CT molecular complexity index is 543. The molecule has 0 saturated heterocycles. The third-order valence-electron chi connectivity index (χ3n) is 4.44. The molecule has 18 heavy (non-hydrogen) atoms. The molecule has 1 aliphatic rings. The maximum absolute atomic E-state index is 6.25. The minimum atomic E-state index is 0.666. The zero-order valence-electron chi connectivity index (χ0n) is 10.9. The summed E-state index contributed by atoms with van der Waals surface area (Å²) in [6, 6.07) is 9.05. The molecule has 1 fully saturated rings. The van der Waals surface area contributed by atoms with E-state index < -0.39 is 0 Å². The van der Waals surface area contributed by atoms with Crippen LogP contribution >= 0.6 is 11.6 Å². The summed E-state index contributed by atoms with van der Waals surface area (Å²) in [5.74, 6) is 0.903. The summed E-state index contributed by atoms with van der Waals surface area (Å²) in [6.45, 7) is 2.32. The molecule has 0 radical (unpaired) electrons. The van der Waals surface area contributed by atoms with Crippen molar-refractivity contribution in [2.75, 3.05) is 0 Å². The maximum Gasteiger partial charge on any atom is 0.0499 e. The lowest BCUT2D eigenvalue weighted by Crippen LogP contribution is -2.18. The Morgan fingerprint density at radius 1 is 1.28 bits per heavy atom. The van der Waals surface area contributed by atoms with Crippen molar-refractivity contribution in [3.8, 4) is 0 Å². The Balaban J connectivity index is 1.96. The van der Waals surface area contributed by atoms with Crippen LogP contribution in [0, 0.1) is 5.92 Å². The summed E-state index contributed by atoms with van der Waals surface area (Å²) in [4.78, 5) is 0. The minimum Gasteiger partial charge on any atom is -0.344 e. The Labute approximate surface area is 114 Å². The first-order chi connectivity index (χ1) is 8.79. The first-order valence-electron chi connectivity index (χ1n) is 7.04. The SMILES string of the molecule is CCC1CCCC(n2ccc3c(Cl)cccc32)C1. The fraction of sp³-hybridized carbons (Fsp3) is 0.500. The van der Waals surface area contributed by atoms with Gasteiger partial charge in [-0.05, 0) is 37.0 Å². The Kier molecular flexibility index (Phi) is 3.34. The van der Waals surface area contributed by atoms with Crippen molar-refractivity contribution < 1.29 is 0 Å². The first kappa shape index (κ1) is 12.1. The minimum absolute atomic E-state index is 0.666. The van der Waals surface area contributed by atoms with Gasteiger partial charge in [0.25, 0.3) is 0 Å². The van der Waals surface area contributed by atoms with Crippen LogP contribution < -0.4 is 0 Å². The van der Waals surface area contributed by atoms with E-state index in [2.05, 4.69) is 35.9 Å². The van der Waals surface area contributed by atoms with Gasteiger partial charge in [-0.25, -0.2) is 0 Å². The molecule has 0 amide bonds. The normalized spacial score (nSPS) is 24.6. The largest absolute Gasteiger partial charge is 0.344 e. The van der Waals surface area contributed by atoms with Gasteiger partial charge in [0, 0.05) is 28.2 Å². The van der Waals surface area contributed by atoms with Crippen molar-refractivity contribution >= 4 is 22.5 Å². The molecule has 2 heteroatoms. The quantitative estimate of drug-likeness (QED) is 0.679. The van der Waals surface area contributed by atoms with Crippen LogP contribution in [0.25, 0.3) is 10.9 Å². The Morgan fingerprint density at radius 2 is 2.17 bits per heavy atom. The van der Waals surface area contributed by atoms with Crippen LogP contribution in [0.5, 0.6) is 0 Å².